The summed E-state index contributed by atoms with van der Waals surface area (Å²) in [5.74, 6) is 0.525. The number of hydrogen-bond donors (Lipinski definition) is 3. The zero-order valence-electron chi connectivity index (χ0n) is 16.6. The first-order valence-electron chi connectivity index (χ1n) is 8.76. The van der Waals surface area contributed by atoms with Crippen LogP contribution in [0.2, 0.25) is 0 Å². The van der Waals surface area contributed by atoms with E-state index in [1.54, 1.807) is 0 Å². The standard InChI is InChI=1S/C19H32N4O2.HI/c1-7-14-9-8-10-15(11-14)22-17(20)21-12-16(13(2)3)23-18(24)25-19(4,5)6;/h8-11,13,16H,7,12H2,1-6H3,(H,23,24)(H3,20,21,22);1H. The molecule has 26 heavy (non-hydrogen) atoms. The molecular formula is C19H33IN4O2. The molecule has 0 aliphatic rings. The van der Waals surface area contributed by atoms with Gasteiger partial charge < -0.3 is 21.1 Å². The lowest BCUT2D eigenvalue weighted by Crippen LogP contribution is -2.44. The molecule has 0 aromatic heterocycles. The van der Waals surface area contributed by atoms with Gasteiger partial charge in [0.05, 0.1) is 12.6 Å². The molecule has 1 amide bonds. The maximum atomic E-state index is 12.0. The molecule has 7 heteroatoms. The molecule has 4 N–H and O–H groups in total. The van der Waals surface area contributed by atoms with E-state index >= 15 is 0 Å². The van der Waals surface area contributed by atoms with Gasteiger partial charge in [-0.05, 0) is 50.8 Å². The quantitative estimate of drug-likeness (QED) is 0.327. The van der Waals surface area contributed by atoms with Crippen LogP contribution in [0.15, 0.2) is 29.3 Å². The van der Waals surface area contributed by atoms with Gasteiger partial charge in [-0.15, -0.1) is 24.0 Å². The Morgan fingerprint density at radius 3 is 2.50 bits per heavy atom. The maximum absolute atomic E-state index is 12.0. The predicted molar refractivity (Wildman–Crippen MR) is 119 cm³/mol. The first kappa shape index (κ1) is 24.5. The predicted octanol–water partition coefficient (Wildman–Crippen LogP) is 4.14. The van der Waals surface area contributed by atoms with Gasteiger partial charge in [-0.25, -0.2) is 4.79 Å². The van der Waals surface area contributed by atoms with Crippen molar-refractivity contribution in [3.05, 3.63) is 29.8 Å². The van der Waals surface area contributed by atoms with E-state index in [2.05, 4.69) is 28.6 Å². The number of aryl methyl sites for hydroxylation is 1. The summed E-state index contributed by atoms with van der Waals surface area (Å²) in [6, 6.07) is 7.88. The second-order valence-electron chi connectivity index (χ2n) is 7.40. The van der Waals surface area contributed by atoms with Crippen LogP contribution in [-0.4, -0.2) is 30.2 Å². The number of ether oxygens (including phenoxy) is 1. The molecule has 0 heterocycles. The summed E-state index contributed by atoms with van der Waals surface area (Å²) in [6.45, 7) is 12.0. The number of nitrogens with zero attached hydrogens (tertiary/aromatic N) is 1. The van der Waals surface area contributed by atoms with Crippen LogP contribution in [0.5, 0.6) is 0 Å². The minimum atomic E-state index is -0.528. The third-order valence-corrected chi connectivity index (χ3v) is 3.57. The van der Waals surface area contributed by atoms with Crippen molar-refractivity contribution in [3.8, 4) is 0 Å². The fraction of sp³-hybridized carbons (Fsp3) is 0.579. The van der Waals surface area contributed by atoms with Gasteiger partial charge in [-0.2, -0.15) is 0 Å². The van der Waals surface area contributed by atoms with Crippen LogP contribution in [0.4, 0.5) is 10.5 Å². The Kier molecular flexibility index (Phi) is 10.6. The van der Waals surface area contributed by atoms with Gasteiger partial charge in [-0.3, -0.25) is 4.99 Å². The molecule has 1 unspecified atom stereocenters. The summed E-state index contributed by atoms with van der Waals surface area (Å²) in [7, 11) is 0. The minimum absolute atomic E-state index is 0. The molecule has 0 aliphatic heterocycles. The first-order valence-corrected chi connectivity index (χ1v) is 8.76. The van der Waals surface area contributed by atoms with Crippen molar-refractivity contribution < 1.29 is 9.53 Å². The number of alkyl carbamates (subject to hydrolysis) is 1. The normalized spacial score (nSPS) is 13.0. The molecule has 148 valence electrons. The molecule has 1 atom stereocenters. The Balaban J connectivity index is 0.00000625. The Morgan fingerprint density at radius 1 is 1.31 bits per heavy atom. The highest BCUT2D eigenvalue weighted by atomic mass is 127. The summed E-state index contributed by atoms with van der Waals surface area (Å²) < 4.78 is 5.30. The lowest BCUT2D eigenvalue weighted by Gasteiger charge is -2.25. The Morgan fingerprint density at radius 2 is 1.96 bits per heavy atom. The topological polar surface area (TPSA) is 88.7 Å². The van der Waals surface area contributed by atoms with E-state index in [0.717, 1.165) is 12.1 Å². The highest BCUT2D eigenvalue weighted by molar-refractivity contribution is 14.0. The Labute approximate surface area is 174 Å². The molecular weight excluding hydrogens is 443 g/mol. The van der Waals surface area contributed by atoms with E-state index in [1.165, 1.54) is 5.56 Å². The molecule has 0 fully saturated rings. The third-order valence-electron chi connectivity index (χ3n) is 3.57. The molecule has 1 aromatic carbocycles. The number of amides is 1. The van der Waals surface area contributed by atoms with Gasteiger partial charge in [0.2, 0.25) is 0 Å². The van der Waals surface area contributed by atoms with E-state index in [4.69, 9.17) is 10.5 Å². The number of aliphatic imine (C=N–C) groups is 1. The minimum Gasteiger partial charge on any atom is -0.444 e. The SMILES string of the molecule is CCc1cccc(NC(N)=NCC(NC(=O)OC(C)(C)C)C(C)C)c1.I. The Bertz CT molecular complexity index is 597. The number of carbonyl (C=O) groups excluding carboxylic acids is 1. The first-order chi connectivity index (χ1) is 11.6. The van der Waals surface area contributed by atoms with Crippen molar-refractivity contribution >= 4 is 41.7 Å². The van der Waals surface area contributed by atoms with Gasteiger partial charge >= 0.3 is 6.09 Å². The molecule has 0 saturated heterocycles. The van der Waals surface area contributed by atoms with E-state index in [1.807, 2.05) is 52.8 Å². The van der Waals surface area contributed by atoms with Crippen LogP contribution in [-0.2, 0) is 11.2 Å². The van der Waals surface area contributed by atoms with Crippen LogP contribution < -0.4 is 16.4 Å². The molecule has 0 radical (unpaired) electrons. The molecule has 0 saturated carbocycles. The fourth-order valence-corrected chi connectivity index (χ4v) is 2.14. The average molecular weight is 476 g/mol. The monoisotopic (exact) mass is 476 g/mol. The average Bonchev–Trinajstić information content (AvgIpc) is 2.49. The smallest absolute Gasteiger partial charge is 0.407 e. The molecule has 0 bridgehead atoms. The van der Waals surface area contributed by atoms with Crippen molar-refractivity contribution in [1.82, 2.24) is 5.32 Å². The number of hydrogen-bond acceptors (Lipinski definition) is 3. The number of guanidine groups is 1. The summed E-state index contributed by atoms with van der Waals surface area (Å²) in [6.07, 6.45) is 0.519. The van der Waals surface area contributed by atoms with Crippen LogP contribution in [0.3, 0.4) is 0 Å². The zero-order chi connectivity index (χ0) is 19.0. The molecule has 0 aliphatic carbocycles. The number of nitrogens with two attached hydrogens (primary N) is 1. The van der Waals surface area contributed by atoms with E-state index < -0.39 is 11.7 Å². The van der Waals surface area contributed by atoms with Crippen LogP contribution in [0.25, 0.3) is 0 Å². The maximum Gasteiger partial charge on any atom is 0.407 e. The van der Waals surface area contributed by atoms with Crippen molar-refractivity contribution in [3.63, 3.8) is 0 Å². The number of rotatable bonds is 6. The van der Waals surface area contributed by atoms with E-state index in [-0.39, 0.29) is 35.9 Å². The van der Waals surface area contributed by atoms with Crippen molar-refractivity contribution in [2.24, 2.45) is 16.6 Å². The fourth-order valence-electron chi connectivity index (χ4n) is 2.14. The van der Waals surface area contributed by atoms with E-state index in [9.17, 15) is 4.79 Å². The van der Waals surface area contributed by atoms with E-state index in [0.29, 0.717) is 12.5 Å². The number of nitrogens with one attached hydrogen (secondary N) is 2. The molecule has 0 spiro atoms. The third kappa shape index (κ3) is 9.84. The lowest BCUT2D eigenvalue weighted by atomic mass is 10.1. The van der Waals surface area contributed by atoms with Gasteiger partial charge in [0.15, 0.2) is 5.96 Å². The second-order valence-corrected chi connectivity index (χ2v) is 7.40. The van der Waals surface area contributed by atoms with Crippen LogP contribution in [0, 0.1) is 5.92 Å². The van der Waals surface area contributed by atoms with Gasteiger partial charge in [0.1, 0.15) is 5.60 Å². The van der Waals surface area contributed by atoms with Crippen molar-refractivity contribution in [2.45, 2.75) is 59.6 Å². The van der Waals surface area contributed by atoms with Crippen molar-refractivity contribution in [2.75, 3.05) is 11.9 Å². The lowest BCUT2D eigenvalue weighted by molar-refractivity contribution is 0.0493. The highest BCUT2D eigenvalue weighted by Gasteiger charge is 2.21. The van der Waals surface area contributed by atoms with Crippen LogP contribution in [0.1, 0.15) is 47.1 Å². The summed E-state index contributed by atoms with van der Waals surface area (Å²) in [4.78, 5) is 16.3. The number of halogens is 1. The number of benzene rings is 1. The molecule has 6 nitrogen and oxygen atoms in total. The summed E-state index contributed by atoms with van der Waals surface area (Å²) in [5.41, 5.74) is 7.58. The van der Waals surface area contributed by atoms with Crippen LogP contribution >= 0.6 is 24.0 Å². The van der Waals surface area contributed by atoms with Crippen molar-refractivity contribution in [1.29, 1.82) is 0 Å². The molecule has 1 aromatic rings. The number of anilines is 1. The van der Waals surface area contributed by atoms with Gasteiger partial charge in [0, 0.05) is 5.69 Å². The summed E-state index contributed by atoms with van der Waals surface area (Å²) >= 11 is 0. The highest BCUT2D eigenvalue weighted by Crippen LogP contribution is 2.11. The zero-order valence-corrected chi connectivity index (χ0v) is 19.0. The van der Waals surface area contributed by atoms with Gasteiger partial charge in [-0.1, -0.05) is 32.9 Å². The second kappa shape index (κ2) is 11.3. The summed E-state index contributed by atoms with van der Waals surface area (Å²) in [5, 5.41) is 5.95. The molecule has 1 rings (SSSR count). The number of carbonyl (C=O) groups is 1. The Hall–Kier alpha value is -1.51. The largest absolute Gasteiger partial charge is 0.444 e. The van der Waals surface area contributed by atoms with Gasteiger partial charge in [0.25, 0.3) is 0 Å².